The van der Waals surface area contributed by atoms with Crippen molar-refractivity contribution < 1.29 is 4.79 Å². The van der Waals surface area contributed by atoms with Crippen molar-refractivity contribution in [2.45, 2.75) is 34.2 Å². The van der Waals surface area contributed by atoms with Crippen molar-refractivity contribution in [3.63, 3.8) is 0 Å². The molecule has 0 aliphatic rings. The number of aryl methyl sites for hydroxylation is 3. The fraction of sp³-hybridized carbons (Fsp3) is 0.278. The van der Waals surface area contributed by atoms with Crippen LogP contribution in [-0.4, -0.2) is 20.7 Å². The van der Waals surface area contributed by atoms with E-state index in [1.165, 1.54) is 16.9 Å². The molecule has 0 saturated carbocycles. The number of rotatable bonds is 4. The molecule has 1 aromatic carbocycles. The first-order valence-corrected chi connectivity index (χ1v) is 8.65. The van der Waals surface area contributed by atoms with Gasteiger partial charge >= 0.3 is 0 Å². The average molecular weight is 340 g/mol. The third-order valence-corrected chi connectivity index (χ3v) is 4.78. The number of thiazole rings is 1. The maximum atomic E-state index is 12.6. The lowest BCUT2D eigenvalue weighted by Gasteiger charge is -2.06. The van der Waals surface area contributed by atoms with E-state index in [0.29, 0.717) is 17.2 Å². The Morgan fingerprint density at radius 2 is 1.88 bits per heavy atom. The topological polar surface area (TPSA) is 59.8 Å². The van der Waals surface area contributed by atoms with Gasteiger partial charge in [0, 0.05) is 11.1 Å². The quantitative estimate of drug-likeness (QED) is 0.784. The van der Waals surface area contributed by atoms with Crippen molar-refractivity contribution >= 4 is 22.4 Å². The van der Waals surface area contributed by atoms with Gasteiger partial charge in [0.2, 0.25) is 0 Å². The number of aromatic nitrogens is 3. The third-order valence-electron chi connectivity index (χ3n) is 3.90. The number of carbonyl (C=O) groups is 1. The van der Waals surface area contributed by atoms with Gasteiger partial charge in [-0.25, -0.2) is 4.98 Å². The lowest BCUT2D eigenvalue weighted by molar-refractivity contribution is 0.102. The zero-order chi connectivity index (χ0) is 17.3. The molecule has 24 heavy (non-hydrogen) atoms. The smallest absolute Gasteiger partial charge is 0.261 e. The summed E-state index contributed by atoms with van der Waals surface area (Å²) in [5.74, 6) is -0.158. The van der Waals surface area contributed by atoms with Crippen molar-refractivity contribution in [3.8, 4) is 0 Å². The molecule has 0 aliphatic carbocycles. The summed E-state index contributed by atoms with van der Waals surface area (Å²) in [6.07, 6.45) is 0. The summed E-state index contributed by atoms with van der Waals surface area (Å²) in [6, 6.07) is 8.34. The summed E-state index contributed by atoms with van der Waals surface area (Å²) in [6.45, 7) is 8.41. The number of nitrogens with zero attached hydrogens (tertiary/aromatic N) is 3. The number of carbonyl (C=O) groups excluding carboxylic acids is 1. The second-order valence-corrected chi connectivity index (χ2v) is 6.80. The minimum Gasteiger partial charge on any atom is -0.298 e. The SMILES string of the molecule is Cc1ccc(Cn2nc(C)c(C(=O)Nc3nc(C)cs3)c2C)cc1. The summed E-state index contributed by atoms with van der Waals surface area (Å²) >= 11 is 1.42. The van der Waals surface area contributed by atoms with Gasteiger partial charge in [0.05, 0.1) is 23.5 Å². The largest absolute Gasteiger partial charge is 0.298 e. The normalized spacial score (nSPS) is 10.8. The van der Waals surface area contributed by atoms with Crippen LogP contribution in [0.2, 0.25) is 0 Å². The van der Waals surface area contributed by atoms with Crippen LogP contribution in [0.15, 0.2) is 29.6 Å². The van der Waals surface area contributed by atoms with Gasteiger partial charge in [0.1, 0.15) is 0 Å². The van der Waals surface area contributed by atoms with E-state index in [1.807, 2.05) is 30.8 Å². The van der Waals surface area contributed by atoms with Gasteiger partial charge in [0.25, 0.3) is 5.91 Å². The maximum Gasteiger partial charge on any atom is 0.261 e. The van der Waals surface area contributed by atoms with Crippen LogP contribution in [-0.2, 0) is 6.54 Å². The highest BCUT2D eigenvalue weighted by molar-refractivity contribution is 7.13. The van der Waals surface area contributed by atoms with E-state index in [1.54, 1.807) is 0 Å². The average Bonchev–Trinajstić information content (AvgIpc) is 3.05. The Bertz CT molecular complexity index is 877. The fourth-order valence-electron chi connectivity index (χ4n) is 2.62. The van der Waals surface area contributed by atoms with Gasteiger partial charge in [-0.15, -0.1) is 11.3 Å². The lowest BCUT2D eigenvalue weighted by atomic mass is 10.1. The number of hydrogen-bond donors (Lipinski definition) is 1. The van der Waals surface area contributed by atoms with E-state index in [4.69, 9.17) is 0 Å². The van der Waals surface area contributed by atoms with E-state index < -0.39 is 0 Å². The molecule has 0 saturated heterocycles. The second-order valence-electron chi connectivity index (χ2n) is 5.94. The molecule has 1 N–H and O–H groups in total. The van der Waals surface area contributed by atoms with Crippen LogP contribution in [0.1, 0.15) is 38.6 Å². The van der Waals surface area contributed by atoms with Crippen LogP contribution in [0, 0.1) is 27.7 Å². The van der Waals surface area contributed by atoms with E-state index in [9.17, 15) is 4.79 Å². The van der Waals surface area contributed by atoms with E-state index >= 15 is 0 Å². The number of hydrogen-bond acceptors (Lipinski definition) is 4. The van der Waals surface area contributed by atoms with Crippen molar-refractivity contribution in [3.05, 3.63) is 63.4 Å². The van der Waals surface area contributed by atoms with E-state index in [-0.39, 0.29) is 5.91 Å². The van der Waals surface area contributed by atoms with Crippen LogP contribution in [0.5, 0.6) is 0 Å². The first-order chi connectivity index (χ1) is 11.4. The van der Waals surface area contributed by atoms with Crippen LogP contribution < -0.4 is 5.32 Å². The van der Waals surface area contributed by atoms with Gasteiger partial charge in [-0.3, -0.25) is 14.8 Å². The molecule has 3 aromatic rings. The van der Waals surface area contributed by atoms with Crippen LogP contribution >= 0.6 is 11.3 Å². The van der Waals surface area contributed by atoms with Gasteiger partial charge in [-0.2, -0.15) is 5.10 Å². The second kappa shape index (κ2) is 6.57. The van der Waals surface area contributed by atoms with Gasteiger partial charge in [-0.05, 0) is 33.3 Å². The van der Waals surface area contributed by atoms with Crippen molar-refractivity contribution in [1.29, 1.82) is 0 Å². The van der Waals surface area contributed by atoms with E-state index in [2.05, 4.69) is 46.6 Å². The van der Waals surface area contributed by atoms with Gasteiger partial charge in [0.15, 0.2) is 5.13 Å². The predicted molar refractivity (Wildman–Crippen MR) is 96.8 cm³/mol. The Balaban J connectivity index is 1.83. The summed E-state index contributed by atoms with van der Waals surface area (Å²) in [4.78, 5) is 16.9. The number of nitrogens with one attached hydrogen (secondary N) is 1. The minimum absolute atomic E-state index is 0.158. The van der Waals surface area contributed by atoms with Crippen molar-refractivity contribution in [2.24, 2.45) is 0 Å². The molecule has 5 nitrogen and oxygen atoms in total. The van der Waals surface area contributed by atoms with Gasteiger partial charge in [-0.1, -0.05) is 29.8 Å². The molecular formula is C18H20N4OS. The molecule has 0 radical (unpaired) electrons. The Morgan fingerprint density at radius 1 is 1.17 bits per heavy atom. The summed E-state index contributed by atoms with van der Waals surface area (Å²) in [5.41, 5.74) is 5.50. The Labute approximate surface area is 145 Å². The Morgan fingerprint density at radius 3 is 2.50 bits per heavy atom. The Kier molecular flexibility index (Phi) is 4.49. The minimum atomic E-state index is -0.158. The molecular weight excluding hydrogens is 320 g/mol. The highest BCUT2D eigenvalue weighted by atomic mass is 32.1. The Hall–Kier alpha value is -2.47. The van der Waals surface area contributed by atoms with Crippen molar-refractivity contribution in [1.82, 2.24) is 14.8 Å². The lowest BCUT2D eigenvalue weighted by Crippen LogP contribution is -2.14. The van der Waals surface area contributed by atoms with E-state index in [0.717, 1.165) is 22.6 Å². The predicted octanol–water partition coefficient (Wildman–Crippen LogP) is 3.87. The highest BCUT2D eigenvalue weighted by Crippen LogP contribution is 2.19. The summed E-state index contributed by atoms with van der Waals surface area (Å²) < 4.78 is 1.88. The molecule has 2 aromatic heterocycles. The van der Waals surface area contributed by atoms with Crippen LogP contribution in [0.3, 0.4) is 0 Å². The molecule has 0 aliphatic heterocycles. The van der Waals surface area contributed by atoms with Crippen LogP contribution in [0.4, 0.5) is 5.13 Å². The zero-order valence-electron chi connectivity index (χ0n) is 14.3. The molecule has 0 atom stereocenters. The molecule has 0 unspecified atom stereocenters. The standard InChI is InChI=1S/C18H20N4OS/c1-11-5-7-15(8-6-11)9-22-14(4)16(13(3)21-22)17(23)20-18-19-12(2)10-24-18/h5-8,10H,9H2,1-4H3,(H,19,20,23). The molecule has 2 heterocycles. The zero-order valence-corrected chi connectivity index (χ0v) is 15.1. The molecule has 1 amide bonds. The summed E-state index contributed by atoms with van der Waals surface area (Å²) in [5, 5.41) is 9.92. The number of benzene rings is 1. The first-order valence-electron chi connectivity index (χ1n) is 7.77. The molecule has 3 rings (SSSR count). The first kappa shape index (κ1) is 16.4. The molecule has 0 spiro atoms. The highest BCUT2D eigenvalue weighted by Gasteiger charge is 2.19. The molecule has 6 heteroatoms. The number of anilines is 1. The molecule has 0 fully saturated rings. The maximum absolute atomic E-state index is 12.6. The van der Waals surface area contributed by atoms with Gasteiger partial charge < -0.3 is 0 Å². The van der Waals surface area contributed by atoms with Crippen molar-refractivity contribution in [2.75, 3.05) is 5.32 Å². The molecule has 0 bridgehead atoms. The molecule has 124 valence electrons. The summed E-state index contributed by atoms with van der Waals surface area (Å²) in [7, 11) is 0. The van der Waals surface area contributed by atoms with Crippen LogP contribution in [0.25, 0.3) is 0 Å². The fourth-order valence-corrected chi connectivity index (χ4v) is 3.30. The monoisotopic (exact) mass is 340 g/mol. The third kappa shape index (κ3) is 3.38. The number of amides is 1.